The lowest BCUT2D eigenvalue weighted by Crippen LogP contribution is -2.40. The van der Waals surface area contributed by atoms with E-state index in [-0.39, 0.29) is 10.8 Å². The van der Waals surface area contributed by atoms with E-state index in [0.717, 1.165) is 12.1 Å². The maximum Gasteiger partial charge on any atom is 0.254 e. The molecule has 2 aromatic rings. The molecule has 1 unspecified atom stereocenters. The molecule has 3 rings (SSSR count). The topological polar surface area (TPSA) is 75.7 Å². The molecule has 1 amide bonds. The van der Waals surface area contributed by atoms with E-state index in [0.29, 0.717) is 50.3 Å². The first-order valence-corrected chi connectivity index (χ1v) is 11.2. The normalized spacial score (nSPS) is 15.8. The number of ether oxygens (including phenoxy) is 1. The predicted octanol–water partition coefficient (Wildman–Crippen LogP) is 2.74. The van der Waals surface area contributed by atoms with Crippen LogP contribution in [-0.4, -0.2) is 51.6 Å². The molecule has 0 radical (unpaired) electrons. The highest BCUT2D eigenvalue weighted by molar-refractivity contribution is 7.89. The number of carbonyl (C=O) groups excluding carboxylic acids is 1. The average molecular weight is 438 g/mol. The Balaban J connectivity index is 1.58. The second-order valence-electron chi connectivity index (χ2n) is 7.24. The fourth-order valence-corrected chi connectivity index (χ4v) is 4.47. The zero-order chi connectivity index (χ0) is 21.7. The van der Waals surface area contributed by atoms with Crippen LogP contribution < -0.4 is 4.72 Å². The van der Waals surface area contributed by atoms with E-state index in [4.69, 9.17) is 4.74 Å². The fourth-order valence-electron chi connectivity index (χ4n) is 3.20. The van der Waals surface area contributed by atoms with Crippen molar-refractivity contribution < 1.29 is 26.7 Å². The van der Waals surface area contributed by atoms with Gasteiger partial charge < -0.3 is 9.64 Å². The summed E-state index contributed by atoms with van der Waals surface area (Å²) in [7, 11) is -3.78. The van der Waals surface area contributed by atoms with Gasteiger partial charge in [0.15, 0.2) is 11.6 Å². The van der Waals surface area contributed by atoms with Gasteiger partial charge in [-0.25, -0.2) is 21.9 Å². The van der Waals surface area contributed by atoms with E-state index in [1.807, 2.05) is 0 Å². The van der Waals surface area contributed by atoms with E-state index in [2.05, 4.69) is 4.72 Å². The molecule has 9 heteroatoms. The third-order valence-electron chi connectivity index (χ3n) is 4.92. The minimum atomic E-state index is -3.78. The van der Waals surface area contributed by atoms with Gasteiger partial charge in [-0.3, -0.25) is 4.79 Å². The van der Waals surface area contributed by atoms with Crippen LogP contribution in [0.25, 0.3) is 0 Å². The number of hydrogen-bond acceptors (Lipinski definition) is 4. The van der Waals surface area contributed by atoms with Crippen molar-refractivity contribution in [1.29, 1.82) is 0 Å². The van der Waals surface area contributed by atoms with Gasteiger partial charge in [-0.15, -0.1) is 0 Å². The third-order valence-corrected chi connectivity index (χ3v) is 6.52. The smallest absolute Gasteiger partial charge is 0.254 e. The first kappa shape index (κ1) is 22.3. The van der Waals surface area contributed by atoms with Crippen molar-refractivity contribution in [2.75, 3.05) is 26.3 Å². The van der Waals surface area contributed by atoms with Crippen molar-refractivity contribution >= 4 is 15.9 Å². The van der Waals surface area contributed by atoms with Crippen LogP contribution in [0.15, 0.2) is 47.4 Å². The Morgan fingerprint density at radius 3 is 2.40 bits per heavy atom. The number of carbonyl (C=O) groups is 1. The molecule has 2 aromatic carbocycles. The molecule has 1 heterocycles. The molecule has 1 aliphatic rings. The zero-order valence-electron chi connectivity index (χ0n) is 16.6. The molecular weight excluding hydrogens is 414 g/mol. The lowest BCUT2D eigenvalue weighted by atomic mass is 10.1. The van der Waals surface area contributed by atoms with Crippen LogP contribution >= 0.6 is 0 Å². The minimum absolute atomic E-state index is 0.0562. The Bertz CT molecular complexity index is 991. The van der Waals surface area contributed by atoms with Gasteiger partial charge in [-0.05, 0) is 61.7 Å². The van der Waals surface area contributed by atoms with Crippen molar-refractivity contribution in [1.82, 2.24) is 9.62 Å². The van der Waals surface area contributed by atoms with Crippen LogP contribution in [-0.2, 0) is 21.2 Å². The molecule has 30 heavy (non-hydrogen) atoms. The molecule has 0 spiro atoms. The lowest BCUT2D eigenvalue weighted by molar-refractivity contribution is 0.0303. The number of nitrogens with one attached hydrogen (secondary N) is 1. The van der Waals surface area contributed by atoms with Gasteiger partial charge in [-0.1, -0.05) is 6.07 Å². The zero-order valence-corrected chi connectivity index (χ0v) is 17.4. The van der Waals surface area contributed by atoms with Crippen LogP contribution in [0.1, 0.15) is 29.3 Å². The summed E-state index contributed by atoms with van der Waals surface area (Å²) in [6.07, 6.45) is 0.811. The maximum atomic E-state index is 13.3. The highest BCUT2D eigenvalue weighted by atomic mass is 32.2. The van der Waals surface area contributed by atoms with E-state index < -0.39 is 27.7 Å². The van der Waals surface area contributed by atoms with Crippen molar-refractivity contribution in [3.63, 3.8) is 0 Å². The van der Waals surface area contributed by atoms with Gasteiger partial charge in [0.25, 0.3) is 5.91 Å². The van der Waals surface area contributed by atoms with Crippen LogP contribution in [0.2, 0.25) is 0 Å². The highest BCUT2D eigenvalue weighted by Crippen LogP contribution is 2.15. The van der Waals surface area contributed by atoms with Gasteiger partial charge in [0.2, 0.25) is 10.0 Å². The fraction of sp³-hybridized carbons (Fsp3) is 0.381. The molecule has 1 fully saturated rings. The molecule has 1 N–H and O–H groups in total. The summed E-state index contributed by atoms with van der Waals surface area (Å²) in [4.78, 5) is 14.2. The number of aryl methyl sites for hydroxylation is 1. The number of nitrogens with zero attached hydrogens (tertiary/aromatic N) is 1. The molecule has 0 aromatic heterocycles. The lowest BCUT2D eigenvalue weighted by Gasteiger charge is -2.26. The molecule has 0 saturated carbocycles. The van der Waals surface area contributed by atoms with Gasteiger partial charge >= 0.3 is 0 Å². The summed E-state index contributed by atoms with van der Waals surface area (Å²) in [5.41, 5.74) is 1.01. The second-order valence-corrected chi connectivity index (χ2v) is 8.95. The monoisotopic (exact) mass is 438 g/mol. The number of hydrogen-bond donors (Lipinski definition) is 1. The molecule has 0 aliphatic carbocycles. The van der Waals surface area contributed by atoms with E-state index in [1.54, 1.807) is 11.8 Å². The van der Waals surface area contributed by atoms with Gasteiger partial charge in [0.05, 0.1) is 18.1 Å². The molecule has 162 valence electrons. The molecule has 6 nitrogen and oxygen atoms in total. The third kappa shape index (κ3) is 5.62. The van der Waals surface area contributed by atoms with Gasteiger partial charge in [-0.2, -0.15) is 0 Å². The maximum absolute atomic E-state index is 13.3. The summed E-state index contributed by atoms with van der Waals surface area (Å²) in [5.74, 6) is -1.99. The van der Waals surface area contributed by atoms with Crippen molar-refractivity contribution in [3.05, 3.63) is 65.2 Å². The Kier molecular flexibility index (Phi) is 7.17. The van der Waals surface area contributed by atoms with Gasteiger partial charge in [0, 0.05) is 24.7 Å². The predicted molar refractivity (Wildman–Crippen MR) is 108 cm³/mol. The summed E-state index contributed by atoms with van der Waals surface area (Å²) in [5, 5.41) is 0. The second kappa shape index (κ2) is 9.63. The quantitative estimate of drug-likeness (QED) is 0.721. The van der Waals surface area contributed by atoms with E-state index in [9.17, 15) is 22.0 Å². The Morgan fingerprint density at radius 1 is 1.10 bits per heavy atom. The molecule has 1 aliphatic heterocycles. The van der Waals surface area contributed by atoms with E-state index in [1.165, 1.54) is 30.3 Å². The Morgan fingerprint density at radius 2 is 1.77 bits per heavy atom. The number of morpholine rings is 1. The van der Waals surface area contributed by atoms with Crippen molar-refractivity contribution in [3.8, 4) is 0 Å². The molecule has 0 bridgehead atoms. The average Bonchev–Trinajstić information content (AvgIpc) is 2.74. The largest absolute Gasteiger partial charge is 0.378 e. The summed E-state index contributed by atoms with van der Waals surface area (Å²) >= 11 is 0. The first-order valence-electron chi connectivity index (χ1n) is 9.69. The first-order chi connectivity index (χ1) is 14.3. The van der Waals surface area contributed by atoms with Crippen LogP contribution in [0.3, 0.4) is 0 Å². The van der Waals surface area contributed by atoms with E-state index >= 15 is 0 Å². The number of halogens is 2. The van der Waals surface area contributed by atoms with Crippen LogP contribution in [0, 0.1) is 11.6 Å². The Hall–Kier alpha value is -2.36. The summed E-state index contributed by atoms with van der Waals surface area (Å²) < 4.78 is 59.3. The number of amides is 1. The van der Waals surface area contributed by atoms with Crippen LogP contribution in [0.5, 0.6) is 0 Å². The summed E-state index contributed by atoms with van der Waals surface area (Å²) in [6, 6.07) is 9.02. The number of sulfonamides is 1. The SMILES string of the molecule is CC(CCc1ccc(F)c(F)c1)NS(=O)(=O)c1ccc(C(=O)N2CCOCC2)cc1. The molecular formula is C21H24F2N2O4S. The minimum Gasteiger partial charge on any atom is -0.378 e. The van der Waals surface area contributed by atoms with Crippen LogP contribution in [0.4, 0.5) is 8.78 Å². The number of rotatable bonds is 7. The highest BCUT2D eigenvalue weighted by Gasteiger charge is 2.21. The number of benzene rings is 2. The standard InChI is InChI=1S/C21H24F2N2O4S/c1-15(2-3-16-4-9-19(22)20(23)14-16)24-30(27,28)18-7-5-17(6-8-18)21(26)25-10-12-29-13-11-25/h4-9,14-15,24H,2-3,10-13H2,1H3. The Labute approximate surface area is 174 Å². The van der Waals surface area contributed by atoms with Gasteiger partial charge in [0.1, 0.15) is 0 Å². The van der Waals surface area contributed by atoms with Crippen molar-refractivity contribution in [2.24, 2.45) is 0 Å². The molecule has 1 saturated heterocycles. The van der Waals surface area contributed by atoms with Crippen molar-refractivity contribution in [2.45, 2.75) is 30.7 Å². The molecule has 1 atom stereocenters. The summed E-state index contributed by atoms with van der Waals surface area (Å²) in [6.45, 7) is 3.70.